The number of nitrogens with two attached hydrogens (primary N) is 1. The molecule has 0 saturated heterocycles. The van der Waals surface area contributed by atoms with E-state index in [1.165, 1.54) is 6.07 Å². The summed E-state index contributed by atoms with van der Waals surface area (Å²) in [6, 6.07) is 18.6. The van der Waals surface area contributed by atoms with Gasteiger partial charge in [-0.25, -0.2) is 0 Å². The Hall–Kier alpha value is -3.55. The second-order valence-corrected chi connectivity index (χ2v) is 7.38. The van der Waals surface area contributed by atoms with Gasteiger partial charge in [-0.05, 0) is 72.5 Å². The summed E-state index contributed by atoms with van der Waals surface area (Å²) in [4.78, 5) is 10.6. The number of amides is 1. The van der Waals surface area contributed by atoms with Crippen LogP contribution in [0.25, 0.3) is 11.1 Å². The lowest BCUT2D eigenvalue weighted by Gasteiger charge is -2.15. The van der Waals surface area contributed by atoms with Crippen LogP contribution in [0.4, 0.5) is 11.4 Å². The number of hydrogen-bond donors (Lipinski definition) is 5. The highest BCUT2D eigenvalue weighted by Crippen LogP contribution is 2.27. The predicted octanol–water partition coefficient (Wildman–Crippen LogP) is 3.47. The summed E-state index contributed by atoms with van der Waals surface area (Å²) < 4.78 is 5.48. The van der Waals surface area contributed by atoms with Gasteiger partial charge >= 0.3 is 0 Å². The van der Waals surface area contributed by atoms with Gasteiger partial charge in [-0.2, -0.15) is 0 Å². The zero-order valence-corrected chi connectivity index (χ0v) is 18.0. The van der Waals surface area contributed by atoms with E-state index in [9.17, 15) is 15.0 Å². The van der Waals surface area contributed by atoms with E-state index in [0.717, 1.165) is 34.5 Å². The van der Waals surface area contributed by atoms with Gasteiger partial charge in [0.05, 0.1) is 18.4 Å². The van der Waals surface area contributed by atoms with Gasteiger partial charge in [0.1, 0.15) is 11.5 Å². The fourth-order valence-corrected chi connectivity index (χ4v) is 3.43. The SMILES string of the molecule is CCOc1ccc(-c2ccc(CCNC[C@H](O)c3ccc(O)c(NC=O)c3)c(N)c2)cc1. The Morgan fingerprint density at radius 1 is 1.06 bits per heavy atom. The normalized spacial score (nSPS) is 11.7. The standard InChI is InChI=1S/C25H29N3O4/c1-2-32-21-8-5-17(6-9-21)19-4-3-18(22(26)13-19)11-12-27-15-25(31)20-7-10-24(30)23(14-20)28-16-29/h3-10,13-14,16,25,27,30-31H,2,11-12,15,26H2,1H3,(H,28,29)/t25-/m0/s1. The number of hydrogen-bond acceptors (Lipinski definition) is 6. The van der Waals surface area contributed by atoms with Crippen LogP contribution >= 0.6 is 0 Å². The molecule has 0 aliphatic rings. The lowest BCUT2D eigenvalue weighted by molar-refractivity contribution is -0.105. The summed E-state index contributed by atoms with van der Waals surface area (Å²) in [7, 11) is 0. The van der Waals surface area contributed by atoms with Crippen LogP contribution in [0.1, 0.15) is 24.2 Å². The van der Waals surface area contributed by atoms with Crippen molar-refractivity contribution in [3.05, 3.63) is 71.8 Å². The molecule has 7 heteroatoms. The van der Waals surface area contributed by atoms with Crippen LogP contribution < -0.4 is 21.1 Å². The van der Waals surface area contributed by atoms with Gasteiger partial charge in [0, 0.05) is 12.2 Å². The predicted molar refractivity (Wildman–Crippen MR) is 127 cm³/mol. The van der Waals surface area contributed by atoms with Gasteiger partial charge in [-0.3, -0.25) is 4.79 Å². The molecule has 3 rings (SSSR count). The minimum atomic E-state index is -0.776. The average molecular weight is 436 g/mol. The fourth-order valence-electron chi connectivity index (χ4n) is 3.43. The molecule has 0 aromatic heterocycles. The third kappa shape index (κ3) is 6.00. The topological polar surface area (TPSA) is 117 Å². The molecule has 0 unspecified atom stereocenters. The summed E-state index contributed by atoms with van der Waals surface area (Å²) >= 11 is 0. The fraction of sp³-hybridized carbons (Fsp3) is 0.240. The number of ether oxygens (including phenoxy) is 1. The molecule has 0 aliphatic heterocycles. The van der Waals surface area contributed by atoms with Crippen molar-refractivity contribution in [2.75, 3.05) is 30.7 Å². The van der Waals surface area contributed by atoms with Crippen molar-refractivity contribution >= 4 is 17.8 Å². The maximum atomic E-state index is 10.6. The number of anilines is 2. The quantitative estimate of drug-likeness (QED) is 0.136. The van der Waals surface area contributed by atoms with Crippen molar-refractivity contribution in [1.82, 2.24) is 5.32 Å². The molecule has 1 amide bonds. The summed E-state index contributed by atoms with van der Waals surface area (Å²) in [5, 5.41) is 25.7. The van der Waals surface area contributed by atoms with Crippen LogP contribution in [0.5, 0.6) is 11.5 Å². The number of carbonyl (C=O) groups is 1. The first kappa shape index (κ1) is 23.1. The highest BCUT2D eigenvalue weighted by molar-refractivity contribution is 5.75. The lowest BCUT2D eigenvalue weighted by atomic mass is 10.0. The van der Waals surface area contributed by atoms with E-state index in [1.54, 1.807) is 12.1 Å². The first-order valence-corrected chi connectivity index (χ1v) is 10.5. The molecule has 0 bridgehead atoms. The van der Waals surface area contributed by atoms with Crippen LogP contribution in [0, 0.1) is 0 Å². The maximum Gasteiger partial charge on any atom is 0.211 e. The van der Waals surface area contributed by atoms with Crippen LogP contribution in [-0.4, -0.2) is 36.3 Å². The molecule has 0 radical (unpaired) electrons. The third-order valence-corrected chi connectivity index (χ3v) is 5.17. The molecule has 0 spiro atoms. The Balaban J connectivity index is 1.52. The molecule has 3 aromatic carbocycles. The van der Waals surface area contributed by atoms with Gasteiger partial charge in [0.2, 0.25) is 6.41 Å². The molecular weight excluding hydrogens is 406 g/mol. The average Bonchev–Trinajstić information content (AvgIpc) is 2.79. The first-order chi connectivity index (χ1) is 15.5. The van der Waals surface area contributed by atoms with E-state index in [0.29, 0.717) is 31.7 Å². The number of aromatic hydroxyl groups is 1. The number of carbonyl (C=O) groups excluding carboxylic acids is 1. The molecule has 0 fully saturated rings. The molecule has 168 valence electrons. The molecule has 1 atom stereocenters. The highest BCUT2D eigenvalue weighted by atomic mass is 16.5. The summed E-state index contributed by atoms with van der Waals surface area (Å²) in [6.07, 6.45) is 0.423. The molecule has 32 heavy (non-hydrogen) atoms. The summed E-state index contributed by atoms with van der Waals surface area (Å²) in [5.74, 6) is 0.794. The lowest BCUT2D eigenvalue weighted by Crippen LogP contribution is -2.24. The van der Waals surface area contributed by atoms with Crippen molar-refractivity contribution in [3.8, 4) is 22.6 Å². The molecule has 0 saturated carbocycles. The molecule has 0 aliphatic carbocycles. The van der Waals surface area contributed by atoms with Gasteiger partial charge in [-0.15, -0.1) is 0 Å². The van der Waals surface area contributed by atoms with Crippen LogP contribution in [0.15, 0.2) is 60.7 Å². The molecule has 7 nitrogen and oxygen atoms in total. The third-order valence-electron chi connectivity index (χ3n) is 5.17. The van der Waals surface area contributed by atoms with E-state index < -0.39 is 6.10 Å². The number of phenolic OH excluding ortho intramolecular Hbond substituents is 1. The van der Waals surface area contributed by atoms with Crippen molar-refractivity contribution in [1.29, 1.82) is 0 Å². The van der Waals surface area contributed by atoms with Crippen molar-refractivity contribution in [2.45, 2.75) is 19.4 Å². The number of phenols is 1. The Morgan fingerprint density at radius 2 is 1.81 bits per heavy atom. The van der Waals surface area contributed by atoms with Gasteiger partial charge < -0.3 is 31.3 Å². The number of rotatable bonds is 11. The second-order valence-electron chi connectivity index (χ2n) is 7.38. The molecular formula is C25H29N3O4. The monoisotopic (exact) mass is 435 g/mol. The van der Waals surface area contributed by atoms with Gasteiger partial charge in [0.25, 0.3) is 0 Å². The van der Waals surface area contributed by atoms with E-state index in [1.807, 2.05) is 49.4 Å². The largest absolute Gasteiger partial charge is 0.506 e. The van der Waals surface area contributed by atoms with Gasteiger partial charge in [-0.1, -0.05) is 30.3 Å². The highest BCUT2D eigenvalue weighted by Gasteiger charge is 2.11. The van der Waals surface area contributed by atoms with Crippen molar-refractivity contribution < 1.29 is 19.7 Å². The smallest absolute Gasteiger partial charge is 0.211 e. The minimum Gasteiger partial charge on any atom is -0.506 e. The minimum absolute atomic E-state index is 0.0508. The number of aliphatic hydroxyl groups excluding tert-OH is 1. The first-order valence-electron chi connectivity index (χ1n) is 10.5. The maximum absolute atomic E-state index is 10.6. The van der Waals surface area contributed by atoms with Crippen LogP contribution in [-0.2, 0) is 11.2 Å². The van der Waals surface area contributed by atoms with Crippen molar-refractivity contribution in [2.24, 2.45) is 0 Å². The molecule has 0 heterocycles. The van der Waals surface area contributed by atoms with E-state index in [-0.39, 0.29) is 11.4 Å². The number of nitrogen functional groups attached to an aromatic ring is 1. The molecule has 6 N–H and O–H groups in total. The number of benzene rings is 3. The summed E-state index contributed by atoms with van der Waals surface area (Å²) in [5.41, 5.74) is 11.0. The van der Waals surface area contributed by atoms with Crippen LogP contribution in [0.2, 0.25) is 0 Å². The summed E-state index contributed by atoms with van der Waals surface area (Å²) in [6.45, 7) is 3.57. The van der Waals surface area contributed by atoms with Crippen molar-refractivity contribution in [3.63, 3.8) is 0 Å². The number of nitrogens with one attached hydrogen (secondary N) is 2. The number of aliphatic hydroxyl groups is 1. The Bertz CT molecular complexity index is 1040. The van der Waals surface area contributed by atoms with E-state index >= 15 is 0 Å². The Morgan fingerprint density at radius 3 is 2.50 bits per heavy atom. The zero-order chi connectivity index (χ0) is 22.9. The Kier molecular flexibility index (Phi) is 8.08. The zero-order valence-electron chi connectivity index (χ0n) is 18.0. The second kappa shape index (κ2) is 11.2. The van der Waals surface area contributed by atoms with E-state index in [4.69, 9.17) is 10.5 Å². The molecule has 3 aromatic rings. The van der Waals surface area contributed by atoms with Gasteiger partial charge in [0.15, 0.2) is 0 Å². The van der Waals surface area contributed by atoms with Crippen LogP contribution in [0.3, 0.4) is 0 Å². The Labute approximate surface area is 187 Å². The van der Waals surface area contributed by atoms with E-state index in [2.05, 4.69) is 10.6 Å².